The third-order valence-corrected chi connectivity index (χ3v) is 5.66. The molecule has 3 aliphatic heterocycles. The summed E-state index contributed by atoms with van der Waals surface area (Å²) in [5.74, 6) is -0.308. The van der Waals surface area contributed by atoms with Crippen LogP contribution in [0.15, 0.2) is 24.3 Å². The van der Waals surface area contributed by atoms with Crippen molar-refractivity contribution in [1.82, 2.24) is 20.4 Å². The minimum absolute atomic E-state index is 0.0187. The molecule has 7 nitrogen and oxygen atoms in total. The van der Waals surface area contributed by atoms with E-state index in [0.29, 0.717) is 13.0 Å². The average Bonchev–Trinajstić information content (AvgIpc) is 3.16. The number of amides is 4. The molecule has 0 radical (unpaired) electrons. The number of imide groups is 1. The van der Waals surface area contributed by atoms with Crippen LogP contribution in [0.3, 0.4) is 0 Å². The Morgan fingerprint density at radius 3 is 2.68 bits per heavy atom. The van der Waals surface area contributed by atoms with E-state index < -0.39 is 11.6 Å². The van der Waals surface area contributed by atoms with Crippen molar-refractivity contribution in [3.05, 3.63) is 35.4 Å². The van der Waals surface area contributed by atoms with Gasteiger partial charge in [0, 0.05) is 19.6 Å². The predicted molar refractivity (Wildman–Crippen MR) is 90.6 cm³/mol. The van der Waals surface area contributed by atoms with Crippen molar-refractivity contribution in [2.45, 2.75) is 37.9 Å². The lowest BCUT2D eigenvalue weighted by molar-refractivity contribution is -0.136. The number of hydrogen-bond acceptors (Lipinski definition) is 4. The van der Waals surface area contributed by atoms with Crippen LogP contribution in [-0.2, 0) is 22.6 Å². The molecule has 0 bridgehead atoms. The van der Waals surface area contributed by atoms with Gasteiger partial charge in [-0.25, -0.2) is 4.79 Å². The van der Waals surface area contributed by atoms with Gasteiger partial charge in [0.25, 0.3) is 5.91 Å². The molecule has 0 saturated carbocycles. The van der Waals surface area contributed by atoms with Crippen LogP contribution in [0.4, 0.5) is 4.79 Å². The third-order valence-electron chi connectivity index (χ3n) is 5.66. The van der Waals surface area contributed by atoms with Gasteiger partial charge in [-0.1, -0.05) is 24.3 Å². The molecule has 0 unspecified atom stereocenters. The Morgan fingerprint density at radius 1 is 1.20 bits per heavy atom. The normalized spacial score (nSPS) is 27.2. The fourth-order valence-corrected chi connectivity index (χ4v) is 4.08. The maximum absolute atomic E-state index is 12.9. The lowest BCUT2D eigenvalue weighted by Crippen LogP contribution is -2.52. The van der Waals surface area contributed by atoms with Gasteiger partial charge >= 0.3 is 6.03 Å². The Balaban J connectivity index is 1.44. The summed E-state index contributed by atoms with van der Waals surface area (Å²) in [6, 6.07) is 7.62. The second kappa shape index (κ2) is 5.84. The van der Waals surface area contributed by atoms with E-state index in [9.17, 15) is 14.4 Å². The van der Waals surface area contributed by atoms with Crippen molar-refractivity contribution in [3.63, 3.8) is 0 Å². The molecule has 1 spiro atoms. The van der Waals surface area contributed by atoms with Crippen LogP contribution in [0.2, 0.25) is 0 Å². The van der Waals surface area contributed by atoms with Crippen molar-refractivity contribution in [2.75, 3.05) is 19.6 Å². The number of nitrogens with zero attached hydrogens (tertiary/aromatic N) is 2. The highest BCUT2D eigenvalue weighted by atomic mass is 16.2. The van der Waals surface area contributed by atoms with E-state index in [4.69, 9.17) is 0 Å². The van der Waals surface area contributed by atoms with Gasteiger partial charge in [-0.15, -0.1) is 0 Å². The quantitative estimate of drug-likeness (QED) is 0.755. The van der Waals surface area contributed by atoms with E-state index in [0.717, 1.165) is 19.5 Å². The Kier molecular flexibility index (Phi) is 3.76. The van der Waals surface area contributed by atoms with Crippen molar-refractivity contribution in [2.24, 2.45) is 0 Å². The standard InChI is InChI=1S/C18H22N4O3/c1-12(21-8-6-13-4-2-3-5-14(13)10-21)15(23)22-9-7-18(11-22)16(24)19-17(25)20-18/h2-5,12H,6-11H2,1H3,(H2,19,20,24,25)/t12-,18+/m0/s1. The zero-order valence-corrected chi connectivity index (χ0v) is 14.2. The summed E-state index contributed by atoms with van der Waals surface area (Å²) >= 11 is 0. The molecule has 1 aromatic rings. The third kappa shape index (κ3) is 2.68. The number of hydrogen-bond donors (Lipinski definition) is 2. The Labute approximate surface area is 146 Å². The van der Waals surface area contributed by atoms with Crippen molar-refractivity contribution in [3.8, 4) is 0 Å². The van der Waals surface area contributed by atoms with Crippen molar-refractivity contribution >= 4 is 17.8 Å². The summed E-state index contributed by atoms with van der Waals surface area (Å²) in [4.78, 5) is 40.3. The zero-order chi connectivity index (χ0) is 17.6. The van der Waals surface area contributed by atoms with Gasteiger partial charge in [-0.3, -0.25) is 19.8 Å². The molecule has 2 atom stereocenters. The molecule has 0 aliphatic carbocycles. The van der Waals surface area contributed by atoms with E-state index in [-0.39, 0.29) is 24.4 Å². The van der Waals surface area contributed by atoms with Crippen molar-refractivity contribution < 1.29 is 14.4 Å². The second-order valence-electron chi connectivity index (χ2n) is 7.17. The minimum Gasteiger partial charge on any atom is -0.338 e. The van der Waals surface area contributed by atoms with Gasteiger partial charge in [-0.2, -0.15) is 0 Å². The lowest BCUT2D eigenvalue weighted by Gasteiger charge is -2.35. The van der Waals surface area contributed by atoms with Crippen LogP contribution in [-0.4, -0.2) is 58.9 Å². The Morgan fingerprint density at radius 2 is 1.96 bits per heavy atom. The number of benzene rings is 1. The first-order valence-electron chi connectivity index (χ1n) is 8.72. The van der Waals surface area contributed by atoms with Crippen LogP contribution in [0.1, 0.15) is 24.5 Å². The molecule has 3 aliphatic rings. The van der Waals surface area contributed by atoms with E-state index in [2.05, 4.69) is 27.7 Å². The summed E-state index contributed by atoms with van der Waals surface area (Å²) in [6.45, 7) is 4.27. The van der Waals surface area contributed by atoms with Crippen LogP contribution in [0, 0.1) is 0 Å². The average molecular weight is 342 g/mol. The summed E-state index contributed by atoms with van der Waals surface area (Å²) in [7, 11) is 0. The first kappa shape index (κ1) is 16.1. The van der Waals surface area contributed by atoms with E-state index in [1.807, 2.05) is 19.1 Å². The van der Waals surface area contributed by atoms with Gasteiger partial charge in [-0.05, 0) is 30.9 Å². The highest BCUT2D eigenvalue weighted by Crippen LogP contribution is 2.27. The van der Waals surface area contributed by atoms with Crippen LogP contribution >= 0.6 is 0 Å². The fraction of sp³-hybridized carbons (Fsp3) is 0.500. The molecule has 7 heteroatoms. The minimum atomic E-state index is -0.943. The molecule has 0 aromatic heterocycles. The topological polar surface area (TPSA) is 81.8 Å². The largest absolute Gasteiger partial charge is 0.338 e. The molecule has 3 heterocycles. The molecule has 2 N–H and O–H groups in total. The molecule has 4 amide bonds. The maximum Gasteiger partial charge on any atom is 0.322 e. The molecular formula is C18H22N4O3. The van der Waals surface area contributed by atoms with Crippen LogP contribution < -0.4 is 10.6 Å². The smallest absolute Gasteiger partial charge is 0.322 e. The van der Waals surface area contributed by atoms with Crippen molar-refractivity contribution in [1.29, 1.82) is 0 Å². The first-order valence-corrected chi connectivity index (χ1v) is 8.72. The van der Waals surface area contributed by atoms with Gasteiger partial charge in [0.2, 0.25) is 5.91 Å². The SMILES string of the molecule is C[C@@H](C(=O)N1CC[C@]2(C1)NC(=O)NC2=O)N1CCc2ccccc2C1. The van der Waals surface area contributed by atoms with Gasteiger partial charge in [0.15, 0.2) is 0 Å². The lowest BCUT2D eigenvalue weighted by atomic mass is 9.98. The molecule has 132 valence electrons. The highest BCUT2D eigenvalue weighted by molar-refractivity contribution is 6.07. The Bertz CT molecular complexity index is 750. The Hall–Kier alpha value is -2.41. The molecule has 4 rings (SSSR count). The summed E-state index contributed by atoms with van der Waals surface area (Å²) < 4.78 is 0. The van der Waals surface area contributed by atoms with Crippen LogP contribution in [0.25, 0.3) is 0 Å². The summed E-state index contributed by atoms with van der Waals surface area (Å²) in [5, 5.41) is 4.96. The summed E-state index contributed by atoms with van der Waals surface area (Å²) in [6.07, 6.45) is 1.40. The molecule has 1 aromatic carbocycles. The molecule has 2 saturated heterocycles. The zero-order valence-electron chi connectivity index (χ0n) is 14.2. The molecule has 2 fully saturated rings. The van der Waals surface area contributed by atoms with Gasteiger partial charge in [0.1, 0.15) is 5.54 Å². The molecule has 25 heavy (non-hydrogen) atoms. The number of fused-ring (bicyclic) bond motifs is 1. The number of carbonyl (C=O) groups excluding carboxylic acids is 3. The fourth-order valence-electron chi connectivity index (χ4n) is 4.08. The second-order valence-corrected chi connectivity index (χ2v) is 7.17. The van der Waals surface area contributed by atoms with Gasteiger partial charge < -0.3 is 10.2 Å². The van der Waals surface area contributed by atoms with Gasteiger partial charge in [0.05, 0.1) is 12.6 Å². The number of nitrogens with one attached hydrogen (secondary N) is 2. The van der Waals surface area contributed by atoms with E-state index >= 15 is 0 Å². The number of likely N-dealkylation sites (tertiary alicyclic amines) is 1. The highest BCUT2D eigenvalue weighted by Gasteiger charge is 2.52. The number of urea groups is 1. The predicted octanol–water partition coefficient (Wildman–Crippen LogP) is 0.244. The number of rotatable bonds is 2. The monoisotopic (exact) mass is 342 g/mol. The maximum atomic E-state index is 12.9. The molecular weight excluding hydrogens is 320 g/mol. The van der Waals surface area contributed by atoms with Crippen LogP contribution in [0.5, 0.6) is 0 Å². The number of carbonyl (C=O) groups is 3. The summed E-state index contributed by atoms with van der Waals surface area (Å²) in [5.41, 5.74) is 1.68. The van der Waals surface area contributed by atoms with E-state index in [1.165, 1.54) is 11.1 Å². The van der Waals surface area contributed by atoms with E-state index in [1.54, 1.807) is 4.90 Å². The first-order chi connectivity index (χ1) is 12.0.